The normalized spacial score (nSPS) is 24.1. The van der Waals surface area contributed by atoms with Crippen LogP contribution in [0.2, 0.25) is 0 Å². The Hall–Kier alpha value is -1.29. The lowest BCUT2D eigenvalue weighted by Crippen LogP contribution is -2.24. The average Bonchev–Trinajstić information content (AvgIpc) is 2.88. The Morgan fingerprint density at radius 3 is 3.06 bits per heavy atom. The third-order valence-corrected chi connectivity index (χ3v) is 3.70. The molecule has 4 heteroatoms. The van der Waals surface area contributed by atoms with Gasteiger partial charge in [0.25, 0.3) is 0 Å². The van der Waals surface area contributed by atoms with Gasteiger partial charge >= 0.3 is 5.97 Å². The molecule has 1 fully saturated rings. The molecular formula is C13H19NO3. The summed E-state index contributed by atoms with van der Waals surface area (Å²) < 4.78 is 4.93. The van der Waals surface area contributed by atoms with E-state index in [4.69, 9.17) is 9.52 Å². The quantitative estimate of drug-likeness (QED) is 0.826. The maximum absolute atomic E-state index is 10.8. The Labute approximate surface area is 101 Å². The highest BCUT2D eigenvalue weighted by Gasteiger charge is 2.23. The minimum Gasteiger partial charge on any atom is -0.475 e. The van der Waals surface area contributed by atoms with E-state index < -0.39 is 5.97 Å². The van der Waals surface area contributed by atoms with E-state index in [1.165, 1.54) is 25.5 Å². The summed E-state index contributed by atoms with van der Waals surface area (Å²) in [5.41, 5.74) is 0.725. The molecule has 17 heavy (non-hydrogen) atoms. The summed E-state index contributed by atoms with van der Waals surface area (Å²) in [5, 5.41) is 12.2. The van der Waals surface area contributed by atoms with Crippen molar-refractivity contribution in [2.75, 3.05) is 6.54 Å². The average molecular weight is 237 g/mol. The van der Waals surface area contributed by atoms with Crippen molar-refractivity contribution in [3.8, 4) is 0 Å². The van der Waals surface area contributed by atoms with Crippen LogP contribution in [0.5, 0.6) is 0 Å². The standard InChI is InChI=1S/C13H19NO3/c1-9-3-2-4-10(9)7-14-8-11-5-6-17-12(11)13(15)16/h5-6,9-10,14H,2-4,7-8H2,1H3,(H,15,16). The van der Waals surface area contributed by atoms with Gasteiger partial charge in [-0.15, -0.1) is 0 Å². The van der Waals surface area contributed by atoms with Gasteiger partial charge in [-0.3, -0.25) is 0 Å². The fourth-order valence-corrected chi connectivity index (χ4v) is 2.58. The van der Waals surface area contributed by atoms with E-state index in [1.807, 2.05) is 0 Å². The number of aromatic carboxylic acids is 1. The minimum absolute atomic E-state index is 0.0528. The summed E-state index contributed by atoms with van der Waals surface area (Å²) in [4.78, 5) is 10.8. The first-order valence-electron chi connectivity index (χ1n) is 6.19. The minimum atomic E-state index is -0.999. The first-order chi connectivity index (χ1) is 8.18. The lowest BCUT2D eigenvalue weighted by Gasteiger charge is -2.15. The number of hydrogen-bond donors (Lipinski definition) is 2. The maximum Gasteiger partial charge on any atom is 0.372 e. The first-order valence-corrected chi connectivity index (χ1v) is 6.19. The van der Waals surface area contributed by atoms with Crippen LogP contribution in [0, 0.1) is 11.8 Å². The summed E-state index contributed by atoms with van der Waals surface area (Å²) >= 11 is 0. The molecule has 4 nitrogen and oxygen atoms in total. The van der Waals surface area contributed by atoms with Gasteiger partial charge in [-0.2, -0.15) is 0 Å². The molecule has 0 radical (unpaired) electrons. The number of carboxylic acids is 1. The topological polar surface area (TPSA) is 62.5 Å². The van der Waals surface area contributed by atoms with E-state index in [2.05, 4.69) is 12.2 Å². The van der Waals surface area contributed by atoms with Crippen molar-refractivity contribution < 1.29 is 14.3 Å². The van der Waals surface area contributed by atoms with E-state index >= 15 is 0 Å². The number of carboxylic acid groups (broad SMARTS) is 1. The van der Waals surface area contributed by atoms with Crippen LogP contribution in [0.15, 0.2) is 16.7 Å². The second-order valence-electron chi connectivity index (χ2n) is 4.88. The molecule has 0 aliphatic heterocycles. The molecule has 0 saturated heterocycles. The summed E-state index contributed by atoms with van der Waals surface area (Å²) in [6.45, 7) is 3.83. The van der Waals surface area contributed by atoms with Crippen LogP contribution in [0.25, 0.3) is 0 Å². The molecule has 1 heterocycles. The number of carbonyl (C=O) groups is 1. The largest absolute Gasteiger partial charge is 0.475 e. The highest BCUT2D eigenvalue weighted by Crippen LogP contribution is 2.30. The zero-order chi connectivity index (χ0) is 12.3. The molecule has 2 N–H and O–H groups in total. The SMILES string of the molecule is CC1CCCC1CNCc1ccoc1C(=O)O. The third kappa shape index (κ3) is 2.88. The van der Waals surface area contributed by atoms with E-state index in [9.17, 15) is 4.79 Å². The number of rotatable bonds is 5. The monoisotopic (exact) mass is 237 g/mol. The van der Waals surface area contributed by atoms with Crippen LogP contribution in [0.3, 0.4) is 0 Å². The molecule has 2 atom stereocenters. The predicted octanol–water partition coefficient (Wildman–Crippen LogP) is 2.50. The van der Waals surface area contributed by atoms with E-state index in [0.29, 0.717) is 6.54 Å². The molecule has 0 aromatic carbocycles. The van der Waals surface area contributed by atoms with Crippen molar-refractivity contribution in [2.45, 2.75) is 32.7 Å². The van der Waals surface area contributed by atoms with E-state index in [-0.39, 0.29) is 5.76 Å². The molecule has 2 rings (SSSR count). The third-order valence-electron chi connectivity index (χ3n) is 3.70. The summed E-state index contributed by atoms with van der Waals surface area (Å²) in [6.07, 6.45) is 5.35. The fourth-order valence-electron chi connectivity index (χ4n) is 2.58. The van der Waals surface area contributed by atoms with Crippen molar-refractivity contribution in [3.63, 3.8) is 0 Å². The van der Waals surface area contributed by atoms with E-state index in [1.54, 1.807) is 6.07 Å². The number of furan rings is 1. The van der Waals surface area contributed by atoms with Crippen molar-refractivity contribution in [1.29, 1.82) is 0 Å². The predicted molar refractivity (Wildman–Crippen MR) is 63.9 cm³/mol. The first kappa shape index (κ1) is 12.2. The van der Waals surface area contributed by atoms with Gasteiger partial charge < -0.3 is 14.8 Å². The smallest absolute Gasteiger partial charge is 0.372 e. The molecule has 1 aromatic heterocycles. The Balaban J connectivity index is 1.81. The Kier molecular flexibility index (Phi) is 3.84. The molecule has 94 valence electrons. The van der Waals surface area contributed by atoms with Gasteiger partial charge in [0.05, 0.1) is 6.26 Å². The molecule has 1 aromatic rings. The molecule has 1 aliphatic carbocycles. The highest BCUT2D eigenvalue weighted by molar-refractivity contribution is 5.86. The molecular weight excluding hydrogens is 218 g/mol. The van der Waals surface area contributed by atoms with Crippen LogP contribution in [-0.4, -0.2) is 17.6 Å². The number of hydrogen-bond acceptors (Lipinski definition) is 3. The second kappa shape index (κ2) is 5.36. The van der Waals surface area contributed by atoms with Crippen molar-refractivity contribution in [2.24, 2.45) is 11.8 Å². The summed E-state index contributed by atoms with van der Waals surface area (Å²) in [5.74, 6) is 0.568. The Morgan fingerprint density at radius 1 is 1.59 bits per heavy atom. The lowest BCUT2D eigenvalue weighted by molar-refractivity contribution is 0.0660. The summed E-state index contributed by atoms with van der Waals surface area (Å²) in [7, 11) is 0. The van der Waals surface area contributed by atoms with Gasteiger partial charge in [0.1, 0.15) is 0 Å². The van der Waals surface area contributed by atoms with Crippen LogP contribution in [0.1, 0.15) is 42.3 Å². The van der Waals surface area contributed by atoms with Crippen LogP contribution < -0.4 is 5.32 Å². The van der Waals surface area contributed by atoms with Crippen molar-refractivity contribution in [1.82, 2.24) is 5.32 Å². The van der Waals surface area contributed by atoms with Gasteiger partial charge in [-0.1, -0.05) is 19.8 Å². The molecule has 1 aliphatic rings. The zero-order valence-electron chi connectivity index (χ0n) is 10.1. The van der Waals surface area contributed by atoms with Gasteiger partial charge in [0.15, 0.2) is 0 Å². The zero-order valence-corrected chi connectivity index (χ0v) is 10.1. The number of nitrogens with one attached hydrogen (secondary N) is 1. The molecule has 0 amide bonds. The maximum atomic E-state index is 10.8. The van der Waals surface area contributed by atoms with Crippen molar-refractivity contribution >= 4 is 5.97 Å². The van der Waals surface area contributed by atoms with Gasteiger partial charge in [0.2, 0.25) is 5.76 Å². The van der Waals surface area contributed by atoms with Crippen LogP contribution >= 0.6 is 0 Å². The fraction of sp³-hybridized carbons (Fsp3) is 0.615. The van der Waals surface area contributed by atoms with Crippen LogP contribution in [0.4, 0.5) is 0 Å². The van der Waals surface area contributed by atoms with Crippen molar-refractivity contribution in [3.05, 3.63) is 23.7 Å². The molecule has 2 unspecified atom stereocenters. The highest BCUT2D eigenvalue weighted by atomic mass is 16.4. The second-order valence-corrected chi connectivity index (χ2v) is 4.88. The Bertz CT molecular complexity index is 386. The van der Waals surface area contributed by atoms with Gasteiger partial charge in [-0.05, 0) is 30.9 Å². The molecule has 0 bridgehead atoms. The Morgan fingerprint density at radius 2 is 2.41 bits per heavy atom. The molecule has 0 spiro atoms. The van der Waals surface area contributed by atoms with Crippen LogP contribution in [-0.2, 0) is 6.54 Å². The van der Waals surface area contributed by atoms with Gasteiger partial charge in [0, 0.05) is 12.1 Å². The van der Waals surface area contributed by atoms with Gasteiger partial charge in [-0.25, -0.2) is 4.79 Å². The molecule has 1 saturated carbocycles. The summed E-state index contributed by atoms with van der Waals surface area (Å²) in [6, 6.07) is 1.72. The lowest BCUT2D eigenvalue weighted by atomic mass is 9.98. The van der Waals surface area contributed by atoms with E-state index in [0.717, 1.165) is 23.9 Å².